The summed E-state index contributed by atoms with van der Waals surface area (Å²) in [7, 11) is 0. The summed E-state index contributed by atoms with van der Waals surface area (Å²) < 4.78 is 0. The zero-order chi connectivity index (χ0) is 23.1. The summed E-state index contributed by atoms with van der Waals surface area (Å²) in [6.45, 7) is 4.79. The van der Waals surface area contributed by atoms with Gasteiger partial charge in [-0.1, -0.05) is 121 Å². The number of nitrogens with one attached hydrogen (secondary N) is 1. The van der Waals surface area contributed by atoms with Gasteiger partial charge in [0.2, 0.25) is 5.91 Å². The molecule has 3 nitrogen and oxygen atoms in total. The molecule has 0 aliphatic carbocycles. The van der Waals surface area contributed by atoms with E-state index in [1.165, 1.54) is 11.1 Å². The van der Waals surface area contributed by atoms with Crippen LogP contribution in [0.1, 0.15) is 29.2 Å². The molecule has 4 rings (SSSR count). The molecule has 4 aromatic rings. The van der Waals surface area contributed by atoms with E-state index in [1.807, 2.05) is 77.7 Å². The van der Waals surface area contributed by atoms with E-state index in [1.54, 1.807) is 6.92 Å². The van der Waals surface area contributed by atoms with Crippen LogP contribution in [0.4, 0.5) is 0 Å². The highest BCUT2D eigenvalue weighted by molar-refractivity contribution is 5.73. The van der Waals surface area contributed by atoms with E-state index < -0.39 is 0 Å². The second kappa shape index (κ2) is 13.7. The van der Waals surface area contributed by atoms with Gasteiger partial charge in [-0.15, -0.1) is 0 Å². The van der Waals surface area contributed by atoms with Crippen molar-refractivity contribution in [3.05, 3.63) is 144 Å². The van der Waals surface area contributed by atoms with E-state index in [2.05, 4.69) is 53.8 Å². The van der Waals surface area contributed by atoms with Gasteiger partial charge in [0.15, 0.2) is 0 Å². The molecule has 0 saturated carbocycles. The molecule has 4 aromatic carbocycles. The molecule has 0 atom stereocenters. The Bertz CT molecular complexity index is 970. The van der Waals surface area contributed by atoms with Crippen LogP contribution in [0.25, 0.3) is 0 Å². The van der Waals surface area contributed by atoms with Crippen LogP contribution in [0.15, 0.2) is 121 Å². The minimum Gasteiger partial charge on any atom is -0.334 e. The maximum absolute atomic E-state index is 11.7. The normalized spacial score (nSPS) is 10.1. The highest BCUT2D eigenvalue weighted by Gasteiger charge is 2.09. The van der Waals surface area contributed by atoms with Gasteiger partial charge in [-0.2, -0.15) is 0 Å². The van der Waals surface area contributed by atoms with Gasteiger partial charge in [-0.3, -0.25) is 4.79 Å². The van der Waals surface area contributed by atoms with Crippen molar-refractivity contribution in [1.29, 1.82) is 0 Å². The third-order valence-corrected chi connectivity index (χ3v) is 5.22. The standard InChI is InChI=1S/C16H17NO.C14H15N/c1-14(18)17(12-15-8-4-2-5-9-15)13-16-10-6-3-7-11-16;1-3-7-13(8-4-1)11-15-12-14-9-5-2-6-10-14/h2-11H,12-13H2,1H3;1-10,15H,11-12H2. The fourth-order valence-electron chi connectivity index (χ4n) is 3.43. The molecule has 0 aromatic heterocycles. The first-order valence-electron chi connectivity index (χ1n) is 11.3. The quantitative estimate of drug-likeness (QED) is 0.356. The van der Waals surface area contributed by atoms with E-state index in [-0.39, 0.29) is 5.91 Å². The van der Waals surface area contributed by atoms with Gasteiger partial charge in [-0.05, 0) is 22.3 Å². The topological polar surface area (TPSA) is 32.3 Å². The minimum absolute atomic E-state index is 0.0997. The lowest BCUT2D eigenvalue weighted by Crippen LogP contribution is -2.27. The number of hydrogen-bond acceptors (Lipinski definition) is 2. The lowest BCUT2D eigenvalue weighted by Gasteiger charge is -2.21. The van der Waals surface area contributed by atoms with Gasteiger partial charge in [0, 0.05) is 33.1 Å². The highest BCUT2D eigenvalue weighted by atomic mass is 16.2. The molecule has 0 radical (unpaired) electrons. The predicted octanol–water partition coefficient (Wildman–Crippen LogP) is 6.21. The van der Waals surface area contributed by atoms with Crippen molar-refractivity contribution < 1.29 is 4.79 Å². The van der Waals surface area contributed by atoms with E-state index in [0.717, 1.165) is 24.2 Å². The summed E-state index contributed by atoms with van der Waals surface area (Å²) in [5.41, 5.74) is 4.97. The third-order valence-electron chi connectivity index (χ3n) is 5.22. The first kappa shape index (κ1) is 24.0. The Morgan fingerprint density at radius 2 is 0.848 bits per heavy atom. The van der Waals surface area contributed by atoms with E-state index in [4.69, 9.17) is 0 Å². The van der Waals surface area contributed by atoms with Crippen LogP contribution >= 0.6 is 0 Å². The monoisotopic (exact) mass is 436 g/mol. The first-order chi connectivity index (χ1) is 16.2. The Morgan fingerprint density at radius 3 is 1.15 bits per heavy atom. The van der Waals surface area contributed by atoms with Crippen LogP contribution in [0.5, 0.6) is 0 Å². The number of hydrogen-bond donors (Lipinski definition) is 1. The zero-order valence-corrected chi connectivity index (χ0v) is 19.2. The summed E-state index contributed by atoms with van der Waals surface area (Å²) in [4.78, 5) is 13.5. The number of carbonyl (C=O) groups excluding carboxylic acids is 1. The molecule has 1 amide bonds. The highest BCUT2D eigenvalue weighted by Crippen LogP contribution is 2.10. The molecule has 0 aliphatic heterocycles. The second-order valence-corrected chi connectivity index (χ2v) is 7.92. The first-order valence-corrected chi connectivity index (χ1v) is 11.3. The van der Waals surface area contributed by atoms with Crippen molar-refractivity contribution >= 4 is 5.91 Å². The summed E-state index contributed by atoms with van der Waals surface area (Å²) in [6, 6.07) is 41.0. The van der Waals surface area contributed by atoms with Gasteiger partial charge in [0.25, 0.3) is 0 Å². The van der Waals surface area contributed by atoms with E-state index in [9.17, 15) is 4.79 Å². The van der Waals surface area contributed by atoms with Gasteiger partial charge in [0.1, 0.15) is 0 Å². The lowest BCUT2D eigenvalue weighted by atomic mass is 10.1. The molecule has 0 aliphatic rings. The van der Waals surface area contributed by atoms with E-state index in [0.29, 0.717) is 13.1 Å². The van der Waals surface area contributed by atoms with Crippen LogP contribution in [0, 0.1) is 0 Å². The Labute approximate surface area is 197 Å². The van der Waals surface area contributed by atoms with Crippen molar-refractivity contribution in [3.63, 3.8) is 0 Å². The summed E-state index contributed by atoms with van der Waals surface area (Å²) in [5.74, 6) is 0.0997. The van der Waals surface area contributed by atoms with Crippen molar-refractivity contribution in [2.45, 2.75) is 33.1 Å². The van der Waals surface area contributed by atoms with Crippen molar-refractivity contribution in [3.8, 4) is 0 Å². The Kier molecular flexibility index (Phi) is 9.92. The van der Waals surface area contributed by atoms with Gasteiger partial charge in [-0.25, -0.2) is 0 Å². The molecule has 0 spiro atoms. The Morgan fingerprint density at radius 1 is 0.545 bits per heavy atom. The van der Waals surface area contributed by atoms with Crippen LogP contribution in [0.3, 0.4) is 0 Å². The van der Waals surface area contributed by atoms with Crippen LogP contribution in [0.2, 0.25) is 0 Å². The molecule has 0 fully saturated rings. The molecule has 0 heterocycles. The number of nitrogens with zero attached hydrogens (tertiary/aromatic N) is 1. The van der Waals surface area contributed by atoms with Crippen molar-refractivity contribution in [1.82, 2.24) is 10.2 Å². The fourth-order valence-corrected chi connectivity index (χ4v) is 3.43. The Hall–Kier alpha value is -3.69. The summed E-state index contributed by atoms with van der Waals surface area (Å²) in [6.07, 6.45) is 0. The average Bonchev–Trinajstić information content (AvgIpc) is 2.87. The molecule has 33 heavy (non-hydrogen) atoms. The van der Waals surface area contributed by atoms with Crippen molar-refractivity contribution in [2.24, 2.45) is 0 Å². The zero-order valence-electron chi connectivity index (χ0n) is 19.2. The second-order valence-electron chi connectivity index (χ2n) is 7.92. The maximum Gasteiger partial charge on any atom is 0.220 e. The molecular weight excluding hydrogens is 404 g/mol. The third kappa shape index (κ3) is 9.14. The molecule has 168 valence electrons. The smallest absolute Gasteiger partial charge is 0.220 e. The van der Waals surface area contributed by atoms with Crippen molar-refractivity contribution in [2.75, 3.05) is 0 Å². The minimum atomic E-state index is 0.0997. The molecule has 0 bridgehead atoms. The predicted molar refractivity (Wildman–Crippen MR) is 136 cm³/mol. The molecular formula is C30H32N2O. The summed E-state index contributed by atoms with van der Waals surface area (Å²) >= 11 is 0. The number of amides is 1. The summed E-state index contributed by atoms with van der Waals surface area (Å²) in [5, 5.41) is 3.42. The van der Waals surface area contributed by atoms with Gasteiger partial charge >= 0.3 is 0 Å². The number of carbonyl (C=O) groups is 1. The molecule has 1 N–H and O–H groups in total. The fraction of sp³-hybridized carbons (Fsp3) is 0.167. The number of benzene rings is 4. The van der Waals surface area contributed by atoms with Crippen LogP contribution in [-0.2, 0) is 31.0 Å². The Balaban J connectivity index is 0.000000189. The molecule has 0 unspecified atom stereocenters. The van der Waals surface area contributed by atoms with Gasteiger partial charge < -0.3 is 10.2 Å². The van der Waals surface area contributed by atoms with E-state index >= 15 is 0 Å². The number of rotatable bonds is 8. The maximum atomic E-state index is 11.7. The van der Waals surface area contributed by atoms with Crippen LogP contribution in [-0.4, -0.2) is 10.8 Å². The molecule has 3 heteroatoms. The lowest BCUT2D eigenvalue weighted by molar-refractivity contribution is -0.130. The SMILES string of the molecule is CC(=O)N(Cc1ccccc1)Cc1ccccc1.c1ccc(CNCc2ccccc2)cc1. The average molecular weight is 437 g/mol. The largest absolute Gasteiger partial charge is 0.334 e. The van der Waals surface area contributed by atoms with Crippen LogP contribution < -0.4 is 5.32 Å². The van der Waals surface area contributed by atoms with Gasteiger partial charge in [0.05, 0.1) is 0 Å². The molecule has 0 saturated heterocycles.